The van der Waals surface area contributed by atoms with Gasteiger partial charge in [0.25, 0.3) is 5.91 Å². The minimum atomic E-state index is -0.191. The summed E-state index contributed by atoms with van der Waals surface area (Å²) >= 11 is 0. The van der Waals surface area contributed by atoms with Crippen molar-refractivity contribution in [1.29, 1.82) is 0 Å². The molecule has 0 fully saturated rings. The molecule has 1 amide bonds. The number of phenols is 1. The summed E-state index contributed by atoms with van der Waals surface area (Å²) in [5, 5.41) is 13.8. The van der Waals surface area contributed by atoms with E-state index in [-0.39, 0.29) is 23.8 Å². The molecule has 0 spiro atoms. The van der Waals surface area contributed by atoms with Crippen molar-refractivity contribution >= 4 is 23.0 Å². The number of carbonyl (C=O) groups excluding carboxylic acids is 2. The van der Waals surface area contributed by atoms with Gasteiger partial charge in [0.2, 0.25) is 0 Å². The lowest BCUT2D eigenvalue weighted by Crippen LogP contribution is -2.29. The molecule has 0 unspecified atom stereocenters. The van der Waals surface area contributed by atoms with Crippen LogP contribution < -0.4 is 10.1 Å². The van der Waals surface area contributed by atoms with Crippen molar-refractivity contribution in [3.63, 3.8) is 0 Å². The Morgan fingerprint density at radius 3 is 2.81 bits per heavy atom. The molecule has 0 saturated carbocycles. The van der Waals surface area contributed by atoms with Gasteiger partial charge < -0.3 is 15.2 Å². The molecule has 0 bridgehead atoms. The molecule has 2 N–H and O–H groups in total. The smallest absolute Gasteiger partial charge is 0.257 e. The van der Waals surface area contributed by atoms with Crippen LogP contribution in [-0.2, 0) is 4.79 Å². The molecule has 0 aromatic heterocycles. The van der Waals surface area contributed by atoms with E-state index < -0.39 is 0 Å². The molecule has 0 radical (unpaired) electrons. The SMILES string of the molecule is CCCNC(=O)COc1ccc2ccc(O)c(C=O)c2c1. The molecule has 2 aromatic carbocycles. The summed E-state index contributed by atoms with van der Waals surface area (Å²) in [6, 6.07) is 8.34. The number of fused-ring (bicyclic) bond motifs is 1. The summed E-state index contributed by atoms with van der Waals surface area (Å²) in [4.78, 5) is 22.6. The first-order valence-corrected chi connectivity index (χ1v) is 6.76. The number of aldehydes is 1. The van der Waals surface area contributed by atoms with Crippen LogP contribution in [0.15, 0.2) is 30.3 Å². The summed E-state index contributed by atoms with van der Waals surface area (Å²) in [7, 11) is 0. The number of phenolic OH excluding ortho intramolecular Hbond substituents is 1. The number of carbonyl (C=O) groups is 2. The van der Waals surface area contributed by atoms with Gasteiger partial charge in [0.1, 0.15) is 11.5 Å². The van der Waals surface area contributed by atoms with Crippen LogP contribution in [0, 0.1) is 0 Å². The Kier molecular flexibility index (Phi) is 4.77. The number of hydrogen-bond donors (Lipinski definition) is 2. The third-order valence-electron chi connectivity index (χ3n) is 3.07. The predicted octanol–water partition coefficient (Wildman–Crippen LogP) is 2.26. The van der Waals surface area contributed by atoms with Crippen LogP contribution in [0.1, 0.15) is 23.7 Å². The topological polar surface area (TPSA) is 75.6 Å². The third kappa shape index (κ3) is 3.51. The van der Waals surface area contributed by atoms with E-state index in [0.29, 0.717) is 24.0 Å². The van der Waals surface area contributed by atoms with Crippen LogP contribution in [-0.4, -0.2) is 30.5 Å². The molecule has 110 valence electrons. The minimum Gasteiger partial charge on any atom is -0.507 e. The second kappa shape index (κ2) is 6.74. The summed E-state index contributed by atoms with van der Waals surface area (Å²) in [5.74, 6) is 0.210. The number of amides is 1. The molecule has 21 heavy (non-hydrogen) atoms. The highest BCUT2D eigenvalue weighted by molar-refractivity contribution is 6.01. The average Bonchev–Trinajstić information content (AvgIpc) is 2.50. The standard InChI is InChI=1S/C16H17NO4/c1-2-7-17-16(20)10-21-12-5-3-11-4-6-15(19)14(9-18)13(11)8-12/h3-6,8-9,19H,2,7,10H2,1H3,(H,17,20). The number of rotatable bonds is 6. The average molecular weight is 287 g/mol. The van der Waals surface area contributed by atoms with Gasteiger partial charge in [-0.05, 0) is 35.4 Å². The second-order valence-electron chi connectivity index (χ2n) is 4.64. The second-order valence-corrected chi connectivity index (χ2v) is 4.64. The molecule has 0 aliphatic heterocycles. The van der Waals surface area contributed by atoms with E-state index in [0.717, 1.165) is 11.8 Å². The van der Waals surface area contributed by atoms with Crippen molar-refractivity contribution in [2.75, 3.05) is 13.2 Å². The highest BCUT2D eigenvalue weighted by Crippen LogP contribution is 2.28. The van der Waals surface area contributed by atoms with Crippen molar-refractivity contribution in [1.82, 2.24) is 5.32 Å². The quantitative estimate of drug-likeness (QED) is 0.799. The molecule has 0 saturated heterocycles. The summed E-state index contributed by atoms with van der Waals surface area (Å²) in [6.07, 6.45) is 1.47. The zero-order valence-corrected chi connectivity index (χ0v) is 11.8. The molecule has 2 aromatic rings. The van der Waals surface area contributed by atoms with Crippen molar-refractivity contribution in [3.8, 4) is 11.5 Å². The Morgan fingerprint density at radius 2 is 2.10 bits per heavy atom. The molecule has 0 aliphatic carbocycles. The van der Waals surface area contributed by atoms with E-state index in [2.05, 4.69) is 5.32 Å². The van der Waals surface area contributed by atoms with Crippen molar-refractivity contribution in [2.45, 2.75) is 13.3 Å². The lowest BCUT2D eigenvalue weighted by molar-refractivity contribution is -0.123. The lowest BCUT2D eigenvalue weighted by atomic mass is 10.0. The van der Waals surface area contributed by atoms with Crippen LogP contribution >= 0.6 is 0 Å². The lowest BCUT2D eigenvalue weighted by Gasteiger charge is -2.09. The number of hydrogen-bond acceptors (Lipinski definition) is 4. The maximum atomic E-state index is 11.5. The monoisotopic (exact) mass is 287 g/mol. The van der Waals surface area contributed by atoms with Crippen molar-refractivity contribution < 1.29 is 19.4 Å². The van der Waals surface area contributed by atoms with Crippen LogP contribution in [0.3, 0.4) is 0 Å². The predicted molar refractivity (Wildman–Crippen MR) is 79.8 cm³/mol. The van der Waals surface area contributed by atoms with Gasteiger partial charge in [0, 0.05) is 6.54 Å². The largest absolute Gasteiger partial charge is 0.507 e. The number of benzene rings is 2. The fourth-order valence-electron chi connectivity index (χ4n) is 1.99. The molecule has 0 heterocycles. The fourth-order valence-corrected chi connectivity index (χ4v) is 1.99. The van der Waals surface area contributed by atoms with Gasteiger partial charge in [-0.25, -0.2) is 0 Å². The zero-order chi connectivity index (χ0) is 15.2. The van der Waals surface area contributed by atoms with E-state index in [1.165, 1.54) is 6.07 Å². The Labute approximate surface area is 122 Å². The molecule has 2 rings (SSSR count). The van der Waals surface area contributed by atoms with Crippen LogP contribution in [0.25, 0.3) is 10.8 Å². The molecule has 5 nitrogen and oxygen atoms in total. The minimum absolute atomic E-state index is 0.0738. The fraction of sp³-hybridized carbons (Fsp3) is 0.250. The number of ether oxygens (including phenoxy) is 1. The van der Waals surface area contributed by atoms with E-state index in [1.807, 2.05) is 6.92 Å². The van der Waals surface area contributed by atoms with Gasteiger partial charge in [-0.2, -0.15) is 0 Å². The van der Waals surface area contributed by atoms with E-state index >= 15 is 0 Å². The molecule has 0 atom stereocenters. The van der Waals surface area contributed by atoms with E-state index in [4.69, 9.17) is 4.74 Å². The van der Waals surface area contributed by atoms with Crippen LogP contribution in [0.2, 0.25) is 0 Å². The number of nitrogens with one attached hydrogen (secondary N) is 1. The first kappa shape index (κ1) is 14.8. The van der Waals surface area contributed by atoms with Crippen molar-refractivity contribution in [2.24, 2.45) is 0 Å². The van der Waals surface area contributed by atoms with Gasteiger partial charge >= 0.3 is 0 Å². The molecule has 5 heteroatoms. The van der Waals surface area contributed by atoms with Gasteiger partial charge in [0.05, 0.1) is 5.56 Å². The van der Waals surface area contributed by atoms with Crippen molar-refractivity contribution in [3.05, 3.63) is 35.9 Å². The first-order valence-electron chi connectivity index (χ1n) is 6.76. The molecular weight excluding hydrogens is 270 g/mol. The molecule has 0 aliphatic rings. The number of aromatic hydroxyl groups is 1. The maximum Gasteiger partial charge on any atom is 0.257 e. The Morgan fingerprint density at radius 1 is 1.33 bits per heavy atom. The van der Waals surface area contributed by atoms with Gasteiger partial charge in [-0.1, -0.05) is 19.1 Å². The zero-order valence-electron chi connectivity index (χ0n) is 11.8. The van der Waals surface area contributed by atoms with Crippen LogP contribution in [0.5, 0.6) is 11.5 Å². The molecular formula is C16H17NO4. The highest BCUT2D eigenvalue weighted by Gasteiger charge is 2.08. The Bertz CT molecular complexity index is 667. The van der Waals surface area contributed by atoms with Gasteiger partial charge in [-0.15, -0.1) is 0 Å². The highest BCUT2D eigenvalue weighted by atomic mass is 16.5. The Balaban J connectivity index is 2.18. The third-order valence-corrected chi connectivity index (χ3v) is 3.07. The van der Waals surface area contributed by atoms with Gasteiger partial charge in [-0.3, -0.25) is 9.59 Å². The normalized spacial score (nSPS) is 10.3. The first-order chi connectivity index (χ1) is 10.2. The summed E-state index contributed by atoms with van der Waals surface area (Å²) in [5.41, 5.74) is 0.216. The van der Waals surface area contributed by atoms with E-state index in [1.54, 1.807) is 24.3 Å². The summed E-state index contributed by atoms with van der Waals surface area (Å²) in [6.45, 7) is 2.50. The summed E-state index contributed by atoms with van der Waals surface area (Å²) < 4.78 is 5.40. The van der Waals surface area contributed by atoms with Gasteiger partial charge in [0.15, 0.2) is 12.9 Å². The maximum absolute atomic E-state index is 11.5. The van der Waals surface area contributed by atoms with E-state index in [9.17, 15) is 14.7 Å². The van der Waals surface area contributed by atoms with Crippen LogP contribution in [0.4, 0.5) is 0 Å². The Hall–Kier alpha value is -2.56.